The Hall–Kier alpha value is -3.77. The zero-order valence-electron chi connectivity index (χ0n) is 15.2. The highest BCUT2D eigenvalue weighted by atomic mass is 35.5. The van der Waals surface area contributed by atoms with Gasteiger partial charge in [0.1, 0.15) is 0 Å². The van der Waals surface area contributed by atoms with Crippen LogP contribution in [0.1, 0.15) is 5.82 Å². The first-order valence-electron chi connectivity index (χ1n) is 9.03. The number of hydrogen-bond donors (Lipinski definition) is 2. The quantitative estimate of drug-likeness (QED) is 0.319. The number of hydrazone groups is 1. The molecule has 0 unspecified atom stereocenters. The third-order valence-electron chi connectivity index (χ3n) is 4.46. The Kier molecular flexibility index (Phi) is 4.38. The summed E-state index contributed by atoms with van der Waals surface area (Å²) in [6.07, 6.45) is 1.61. The molecule has 2 heterocycles. The van der Waals surface area contributed by atoms with E-state index < -0.39 is 0 Å². The van der Waals surface area contributed by atoms with Gasteiger partial charge in [0.05, 0.1) is 28.5 Å². The standard InChI is InChI=1S/C22H15ClN6/c23-15-10-11-17-16(12-15)21(14-6-2-1-3-7-14)28-22(27-17)29-24-13-20-25-18-8-4-5-9-19(18)26-20/h1-13H,(H,25,26)(H,27,28,29). The van der Waals surface area contributed by atoms with Crippen LogP contribution in [0.25, 0.3) is 33.2 Å². The molecule has 0 spiro atoms. The maximum Gasteiger partial charge on any atom is 0.244 e. The fraction of sp³-hybridized carbons (Fsp3) is 0. The van der Waals surface area contributed by atoms with E-state index >= 15 is 0 Å². The van der Waals surface area contributed by atoms with Crippen LogP contribution in [-0.2, 0) is 0 Å². The summed E-state index contributed by atoms with van der Waals surface area (Å²) in [5.41, 5.74) is 7.31. The number of H-pyrrole nitrogens is 1. The summed E-state index contributed by atoms with van der Waals surface area (Å²) in [4.78, 5) is 16.9. The van der Waals surface area contributed by atoms with E-state index in [1.54, 1.807) is 6.21 Å². The summed E-state index contributed by atoms with van der Waals surface area (Å²) in [7, 11) is 0. The van der Waals surface area contributed by atoms with Crippen LogP contribution >= 0.6 is 11.6 Å². The molecule has 0 saturated heterocycles. The van der Waals surface area contributed by atoms with Gasteiger partial charge in [0.25, 0.3) is 0 Å². The molecule has 0 amide bonds. The first kappa shape index (κ1) is 17.3. The molecule has 140 valence electrons. The summed E-state index contributed by atoms with van der Waals surface area (Å²) >= 11 is 6.20. The first-order valence-corrected chi connectivity index (χ1v) is 9.41. The number of halogens is 1. The van der Waals surface area contributed by atoms with Crippen molar-refractivity contribution in [2.75, 3.05) is 5.43 Å². The predicted molar refractivity (Wildman–Crippen MR) is 117 cm³/mol. The van der Waals surface area contributed by atoms with E-state index in [1.165, 1.54) is 0 Å². The molecule has 3 aromatic carbocycles. The van der Waals surface area contributed by atoms with E-state index in [4.69, 9.17) is 11.6 Å². The van der Waals surface area contributed by atoms with Crippen molar-refractivity contribution in [1.82, 2.24) is 19.9 Å². The van der Waals surface area contributed by atoms with Crippen molar-refractivity contribution in [2.45, 2.75) is 0 Å². The van der Waals surface area contributed by atoms with Crippen LogP contribution in [0.4, 0.5) is 5.95 Å². The van der Waals surface area contributed by atoms with Crippen LogP contribution < -0.4 is 5.43 Å². The lowest BCUT2D eigenvalue weighted by atomic mass is 10.1. The van der Waals surface area contributed by atoms with Crippen LogP contribution in [0.5, 0.6) is 0 Å². The number of aromatic amines is 1. The largest absolute Gasteiger partial charge is 0.337 e. The molecular formula is C22H15ClN6. The topological polar surface area (TPSA) is 78.9 Å². The van der Waals surface area contributed by atoms with Gasteiger partial charge in [0, 0.05) is 16.0 Å². The fourth-order valence-electron chi connectivity index (χ4n) is 3.15. The average molecular weight is 399 g/mol. The van der Waals surface area contributed by atoms with Gasteiger partial charge in [-0.25, -0.2) is 20.4 Å². The first-order chi connectivity index (χ1) is 14.3. The van der Waals surface area contributed by atoms with E-state index in [-0.39, 0.29) is 0 Å². The normalized spacial score (nSPS) is 11.5. The van der Waals surface area contributed by atoms with Gasteiger partial charge >= 0.3 is 0 Å². The SMILES string of the molecule is Clc1ccc2nc(NN=Cc3nc4ccccc4[nH]3)nc(-c3ccccc3)c2c1. The summed E-state index contributed by atoms with van der Waals surface area (Å²) in [5, 5.41) is 5.77. The Morgan fingerprint density at radius 1 is 0.862 bits per heavy atom. The Labute approximate surface area is 171 Å². The number of para-hydroxylation sites is 2. The molecule has 0 fully saturated rings. The molecule has 0 aliphatic rings. The minimum Gasteiger partial charge on any atom is -0.337 e. The number of hydrogen-bond acceptors (Lipinski definition) is 5. The minimum atomic E-state index is 0.394. The van der Waals surface area contributed by atoms with Crippen molar-refractivity contribution in [1.29, 1.82) is 0 Å². The van der Waals surface area contributed by atoms with Crippen molar-refractivity contribution < 1.29 is 0 Å². The molecule has 5 rings (SSSR count). The second-order valence-electron chi connectivity index (χ2n) is 6.43. The monoisotopic (exact) mass is 398 g/mol. The highest BCUT2D eigenvalue weighted by Crippen LogP contribution is 2.29. The molecule has 0 bridgehead atoms. The number of anilines is 1. The Morgan fingerprint density at radius 3 is 2.55 bits per heavy atom. The molecule has 0 radical (unpaired) electrons. The third-order valence-corrected chi connectivity index (χ3v) is 4.70. The zero-order valence-corrected chi connectivity index (χ0v) is 15.9. The maximum atomic E-state index is 6.20. The lowest BCUT2D eigenvalue weighted by Gasteiger charge is -2.08. The van der Waals surface area contributed by atoms with E-state index in [2.05, 4.69) is 30.5 Å². The number of imidazole rings is 1. The lowest BCUT2D eigenvalue weighted by Crippen LogP contribution is -2.00. The molecule has 0 aliphatic carbocycles. The van der Waals surface area contributed by atoms with Crippen LogP contribution in [0.15, 0.2) is 77.9 Å². The number of benzene rings is 3. The van der Waals surface area contributed by atoms with Gasteiger partial charge in [0.15, 0.2) is 5.82 Å². The van der Waals surface area contributed by atoms with Crippen LogP contribution in [0.2, 0.25) is 5.02 Å². The molecule has 0 atom stereocenters. The smallest absolute Gasteiger partial charge is 0.244 e. The van der Waals surface area contributed by atoms with Crippen molar-refractivity contribution in [2.24, 2.45) is 5.10 Å². The number of nitrogens with zero attached hydrogens (tertiary/aromatic N) is 4. The van der Waals surface area contributed by atoms with Gasteiger partial charge in [-0.1, -0.05) is 54.1 Å². The van der Waals surface area contributed by atoms with Crippen molar-refractivity contribution in [3.63, 3.8) is 0 Å². The second-order valence-corrected chi connectivity index (χ2v) is 6.87. The van der Waals surface area contributed by atoms with Crippen molar-refractivity contribution in [3.8, 4) is 11.3 Å². The zero-order chi connectivity index (χ0) is 19.6. The van der Waals surface area contributed by atoms with Gasteiger partial charge in [-0.3, -0.25) is 0 Å². The van der Waals surface area contributed by atoms with E-state index in [0.717, 1.165) is 33.2 Å². The molecule has 29 heavy (non-hydrogen) atoms. The van der Waals surface area contributed by atoms with Gasteiger partial charge in [-0.2, -0.15) is 5.10 Å². The molecule has 0 saturated carbocycles. The molecule has 2 N–H and O–H groups in total. The number of rotatable bonds is 4. The summed E-state index contributed by atoms with van der Waals surface area (Å²) in [5.74, 6) is 1.04. The number of aromatic nitrogens is 4. The molecule has 2 aromatic heterocycles. The third kappa shape index (κ3) is 3.53. The Balaban J connectivity index is 1.50. The number of fused-ring (bicyclic) bond motifs is 2. The minimum absolute atomic E-state index is 0.394. The highest BCUT2D eigenvalue weighted by molar-refractivity contribution is 6.31. The molecule has 5 aromatic rings. The Morgan fingerprint density at radius 2 is 1.69 bits per heavy atom. The van der Waals surface area contributed by atoms with Crippen LogP contribution in [0, 0.1) is 0 Å². The summed E-state index contributed by atoms with van der Waals surface area (Å²) < 4.78 is 0. The van der Waals surface area contributed by atoms with Crippen LogP contribution in [-0.4, -0.2) is 26.2 Å². The van der Waals surface area contributed by atoms with E-state index in [1.807, 2.05) is 72.8 Å². The summed E-state index contributed by atoms with van der Waals surface area (Å²) in [6.45, 7) is 0. The van der Waals surface area contributed by atoms with Crippen molar-refractivity contribution in [3.05, 3.63) is 83.6 Å². The highest BCUT2D eigenvalue weighted by Gasteiger charge is 2.10. The van der Waals surface area contributed by atoms with Gasteiger partial charge in [0.2, 0.25) is 5.95 Å². The molecule has 7 heteroatoms. The molecule has 6 nitrogen and oxygen atoms in total. The van der Waals surface area contributed by atoms with Crippen molar-refractivity contribution >= 4 is 45.7 Å². The maximum absolute atomic E-state index is 6.20. The fourth-order valence-corrected chi connectivity index (χ4v) is 3.32. The second kappa shape index (κ2) is 7.33. The van der Waals surface area contributed by atoms with Gasteiger partial charge in [-0.05, 0) is 30.3 Å². The molecule has 0 aliphatic heterocycles. The van der Waals surface area contributed by atoms with E-state index in [0.29, 0.717) is 16.8 Å². The lowest BCUT2D eigenvalue weighted by molar-refractivity contribution is 1.15. The van der Waals surface area contributed by atoms with Gasteiger partial charge < -0.3 is 4.98 Å². The predicted octanol–water partition coefficient (Wildman–Crippen LogP) is 5.27. The van der Waals surface area contributed by atoms with Gasteiger partial charge in [-0.15, -0.1) is 0 Å². The average Bonchev–Trinajstić information content (AvgIpc) is 3.17. The van der Waals surface area contributed by atoms with Crippen LogP contribution in [0.3, 0.4) is 0 Å². The number of nitrogens with one attached hydrogen (secondary N) is 2. The summed E-state index contributed by atoms with van der Waals surface area (Å²) in [6, 6.07) is 23.3. The van der Waals surface area contributed by atoms with E-state index in [9.17, 15) is 0 Å². The Bertz CT molecular complexity index is 1310. The molecular weight excluding hydrogens is 384 g/mol.